The lowest BCUT2D eigenvalue weighted by Gasteiger charge is -2.42. The van der Waals surface area contributed by atoms with Gasteiger partial charge in [0.25, 0.3) is 0 Å². The monoisotopic (exact) mass is 824 g/mol. The molecule has 0 aromatic heterocycles. The van der Waals surface area contributed by atoms with Gasteiger partial charge in [-0.25, -0.2) is 4.79 Å². The first-order valence-electron chi connectivity index (χ1n) is 18.5. The number of rotatable bonds is 7. The molecule has 17 heteroatoms. The van der Waals surface area contributed by atoms with Crippen LogP contribution in [0.2, 0.25) is 0 Å². The highest BCUT2D eigenvalue weighted by molar-refractivity contribution is 5.91. The first kappa shape index (κ1) is 38.0. The summed E-state index contributed by atoms with van der Waals surface area (Å²) in [7, 11) is 2.76. The van der Waals surface area contributed by atoms with E-state index in [1.54, 1.807) is 24.3 Å². The van der Waals surface area contributed by atoms with Crippen molar-refractivity contribution in [2.45, 2.75) is 30.5 Å². The van der Waals surface area contributed by atoms with Crippen molar-refractivity contribution in [2.75, 3.05) is 27.6 Å². The van der Waals surface area contributed by atoms with Crippen LogP contribution < -0.4 is 23.7 Å². The first-order chi connectivity index (χ1) is 28.8. The van der Waals surface area contributed by atoms with Crippen LogP contribution in [0.25, 0.3) is 0 Å². The number of hydrogen-bond donors (Lipinski definition) is 8. The van der Waals surface area contributed by atoms with Gasteiger partial charge in [-0.3, -0.25) is 4.79 Å². The van der Waals surface area contributed by atoms with E-state index in [0.29, 0.717) is 28.2 Å². The summed E-state index contributed by atoms with van der Waals surface area (Å²) >= 11 is 0. The van der Waals surface area contributed by atoms with Crippen molar-refractivity contribution in [3.63, 3.8) is 0 Å². The highest BCUT2D eigenvalue weighted by Gasteiger charge is 2.55. The van der Waals surface area contributed by atoms with Crippen LogP contribution in [0, 0.1) is 11.8 Å². The molecule has 0 bridgehead atoms. The van der Waals surface area contributed by atoms with Crippen LogP contribution in [0.15, 0.2) is 60.7 Å². The molecule has 0 radical (unpaired) electrons. The second kappa shape index (κ2) is 14.1. The molecular formula is C43H36O17. The second-order valence-electron chi connectivity index (χ2n) is 14.8. The molecule has 17 nitrogen and oxygen atoms in total. The smallest absolute Gasteiger partial charge is 0.338 e. The molecular weight excluding hydrogens is 788 g/mol. The van der Waals surface area contributed by atoms with Crippen molar-refractivity contribution in [2.24, 2.45) is 11.8 Å². The number of ether oxygens (including phenoxy) is 7. The number of hydrogen-bond acceptors (Lipinski definition) is 17. The zero-order chi connectivity index (χ0) is 42.3. The van der Waals surface area contributed by atoms with Crippen LogP contribution in [0.4, 0.5) is 0 Å². The van der Waals surface area contributed by atoms with Gasteiger partial charge in [0, 0.05) is 46.9 Å². The minimum atomic E-state index is -1.30. The standard InChI is InChI=1S/C43H36O17/c1-54-31-8-17(9-32(55-2)39(31)51)34-19-10-29-30(58-15-57-29)11-20(19)35(22-14-56-43(53)36(22)34)37-26(47)13-24(45)21-12-33(59-42(52)18-6-27(48)38(50)28(49)7-18)40(60-41(21)37)16-3-4-23(44)25(46)5-16/h3-11,13,22,33-36,40,44-51H,12,14-15H2,1-2H3/t22-,33-,34-,35-,36+,40-/m1/s1. The number of methoxy groups -OCH3 is 2. The quantitative estimate of drug-likeness (QED) is 0.0789. The molecule has 5 aromatic carbocycles. The van der Waals surface area contributed by atoms with E-state index in [0.717, 1.165) is 18.2 Å². The summed E-state index contributed by atoms with van der Waals surface area (Å²) in [4.78, 5) is 27.5. The van der Waals surface area contributed by atoms with Gasteiger partial charge in [0.05, 0.1) is 32.3 Å². The molecule has 3 aliphatic heterocycles. The molecule has 1 saturated heterocycles. The summed E-state index contributed by atoms with van der Waals surface area (Å²) in [5, 5.41) is 84.9. The van der Waals surface area contributed by atoms with E-state index in [4.69, 9.17) is 33.2 Å². The Hall–Kier alpha value is -7.56. The Morgan fingerprint density at radius 1 is 0.667 bits per heavy atom. The molecule has 0 saturated carbocycles. The van der Waals surface area contributed by atoms with E-state index in [1.165, 1.54) is 32.4 Å². The molecule has 3 heterocycles. The molecule has 0 spiro atoms. The van der Waals surface area contributed by atoms with E-state index < -0.39 is 88.1 Å². The van der Waals surface area contributed by atoms with E-state index in [-0.39, 0.29) is 65.1 Å². The summed E-state index contributed by atoms with van der Waals surface area (Å²) in [5.74, 6) is -8.46. The number of aromatic hydroxyl groups is 8. The number of fused-ring (bicyclic) bond motifs is 4. The van der Waals surface area contributed by atoms with Crippen molar-refractivity contribution >= 4 is 11.9 Å². The van der Waals surface area contributed by atoms with Gasteiger partial charge in [0.2, 0.25) is 12.5 Å². The van der Waals surface area contributed by atoms with E-state index in [1.807, 2.05) is 0 Å². The van der Waals surface area contributed by atoms with Gasteiger partial charge in [0.1, 0.15) is 23.4 Å². The SMILES string of the molecule is COc1cc([C@@H]2c3cc4c(cc3[C@@H](c3c(O)cc(O)c5c3O[C@H](c3ccc(O)c(O)c3)[C@H](OC(=O)c3cc(O)c(O)c(O)c3)C5)[C@H]3COC(=O)[C@H]23)OCO4)cc(OC)c1O. The van der Waals surface area contributed by atoms with Crippen molar-refractivity contribution < 1.29 is 83.6 Å². The number of esters is 2. The third kappa shape index (κ3) is 5.91. The van der Waals surface area contributed by atoms with Gasteiger partial charge in [-0.05, 0) is 65.2 Å². The van der Waals surface area contributed by atoms with Crippen LogP contribution >= 0.6 is 0 Å². The molecule has 1 fully saturated rings. The van der Waals surface area contributed by atoms with Gasteiger partial charge >= 0.3 is 11.9 Å². The third-order valence-corrected chi connectivity index (χ3v) is 11.6. The summed E-state index contributed by atoms with van der Waals surface area (Å²) in [6, 6.07) is 13.4. The average molecular weight is 825 g/mol. The first-order valence-corrected chi connectivity index (χ1v) is 18.5. The lowest BCUT2D eigenvalue weighted by molar-refractivity contribution is -0.141. The zero-order valence-electron chi connectivity index (χ0n) is 31.6. The normalized spacial score (nSPS) is 22.1. The number of phenolic OH excluding ortho intramolecular Hbond substituents is 8. The molecule has 310 valence electrons. The molecule has 0 amide bonds. The second-order valence-corrected chi connectivity index (χ2v) is 14.8. The van der Waals surface area contributed by atoms with Crippen LogP contribution in [0.3, 0.4) is 0 Å². The van der Waals surface area contributed by atoms with Crippen molar-refractivity contribution in [1.82, 2.24) is 0 Å². The number of phenols is 8. The number of carbonyl (C=O) groups excluding carboxylic acids is 2. The lowest BCUT2D eigenvalue weighted by Crippen LogP contribution is -2.37. The third-order valence-electron chi connectivity index (χ3n) is 11.6. The number of cyclic esters (lactones) is 1. The molecule has 1 aliphatic carbocycles. The summed E-state index contributed by atoms with van der Waals surface area (Å²) in [6.45, 7) is -0.196. The maximum absolute atomic E-state index is 14.0. The predicted octanol–water partition coefficient (Wildman–Crippen LogP) is 5.05. The van der Waals surface area contributed by atoms with Crippen LogP contribution in [-0.4, -0.2) is 86.5 Å². The number of carbonyl (C=O) groups is 2. The largest absolute Gasteiger partial charge is 0.507 e. The van der Waals surface area contributed by atoms with E-state index in [9.17, 15) is 50.4 Å². The minimum absolute atomic E-state index is 0.0320. The number of benzene rings is 5. The van der Waals surface area contributed by atoms with Crippen molar-refractivity contribution in [3.8, 4) is 74.7 Å². The Bertz CT molecular complexity index is 2570. The predicted molar refractivity (Wildman–Crippen MR) is 203 cm³/mol. The Labute approximate surface area is 339 Å². The van der Waals surface area contributed by atoms with Gasteiger partial charge in [-0.1, -0.05) is 6.07 Å². The average Bonchev–Trinajstić information content (AvgIpc) is 3.85. The van der Waals surface area contributed by atoms with Gasteiger partial charge < -0.3 is 74.0 Å². The van der Waals surface area contributed by atoms with Crippen molar-refractivity contribution in [1.29, 1.82) is 0 Å². The summed E-state index contributed by atoms with van der Waals surface area (Å²) < 4.78 is 40.9. The Balaban J connectivity index is 1.22. The fraction of sp³-hybridized carbons (Fsp3) is 0.256. The lowest BCUT2D eigenvalue weighted by atomic mass is 9.61. The maximum Gasteiger partial charge on any atom is 0.338 e. The molecule has 0 unspecified atom stereocenters. The minimum Gasteiger partial charge on any atom is -0.507 e. The van der Waals surface area contributed by atoms with Crippen LogP contribution in [0.1, 0.15) is 61.7 Å². The maximum atomic E-state index is 14.0. The fourth-order valence-electron chi connectivity index (χ4n) is 8.89. The topological polar surface area (TPSA) is 261 Å². The molecule has 4 aliphatic rings. The van der Waals surface area contributed by atoms with Gasteiger partial charge in [0.15, 0.2) is 57.8 Å². The molecule has 6 atom stereocenters. The molecule has 8 N–H and O–H groups in total. The Kier molecular flexibility index (Phi) is 8.91. The highest BCUT2D eigenvalue weighted by Crippen LogP contribution is 2.61. The van der Waals surface area contributed by atoms with Crippen molar-refractivity contribution in [3.05, 3.63) is 99.6 Å². The highest BCUT2D eigenvalue weighted by atomic mass is 16.7. The molecule has 60 heavy (non-hydrogen) atoms. The van der Waals surface area contributed by atoms with E-state index >= 15 is 0 Å². The molecule has 5 aromatic rings. The fourth-order valence-corrected chi connectivity index (χ4v) is 8.89. The van der Waals surface area contributed by atoms with E-state index in [2.05, 4.69) is 0 Å². The summed E-state index contributed by atoms with van der Waals surface area (Å²) in [5.41, 5.74) is 1.76. The van der Waals surface area contributed by atoms with Crippen LogP contribution in [0.5, 0.6) is 74.7 Å². The Morgan fingerprint density at radius 3 is 1.95 bits per heavy atom. The van der Waals surface area contributed by atoms with Crippen LogP contribution in [-0.2, 0) is 20.7 Å². The van der Waals surface area contributed by atoms with Gasteiger partial charge in [-0.2, -0.15) is 0 Å². The zero-order valence-corrected chi connectivity index (χ0v) is 31.6. The summed E-state index contributed by atoms with van der Waals surface area (Å²) in [6.07, 6.45) is -2.85. The molecule has 9 rings (SSSR count). The van der Waals surface area contributed by atoms with Gasteiger partial charge in [-0.15, -0.1) is 0 Å². The Morgan fingerprint density at radius 2 is 1.32 bits per heavy atom.